The lowest BCUT2D eigenvalue weighted by Crippen LogP contribution is -2.37. The van der Waals surface area contributed by atoms with Gasteiger partial charge < -0.3 is 18.8 Å². The Labute approximate surface area is 241 Å². The van der Waals surface area contributed by atoms with Gasteiger partial charge >= 0.3 is 0 Å². The Balaban J connectivity index is 2.07. The van der Waals surface area contributed by atoms with Crippen LogP contribution in [0.25, 0.3) is 0 Å². The molecule has 1 unspecified atom stereocenters. The Hall–Kier alpha value is -4.15. The molecule has 0 bridgehead atoms. The number of hydrogen-bond acceptors (Lipinski definition) is 6. The van der Waals surface area contributed by atoms with E-state index in [9.17, 15) is 9.59 Å². The van der Waals surface area contributed by atoms with Crippen LogP contribution in [0.3, 0.4) is 0 Å². The molecule has 0 spiro atoms. The predicted octanol–water partition coefficient (Wildman–Crippen LogP) is 5.93. The average Bonchev–Trinajstić information content (AvgIpc) is 3.00. The lowest BCUT2D eigenvalue weighted by molar-refractivity contribution is -0.126. The molecule has 0 aliphatic carbocycles. The molecular weight excluding hydrogens is 535 g/mol. The van der Waals surface area contributed by atoms with Gasteiger partial charge in [0.05, 0.1) is 21.3 Å². The highest BCUT2D eigenvalue weighted by Crippen LogP contribution is 2.47. The van der Waals surface area contributed by atoms with Crippen LogP contribution in [-0.2, 0) is 9.36 Å². The van der Waals surface area contributed by atoms with Crippen LogP contribution in [0.4, 0.5) is 0 Å². The first kappa shape index (κ1) is 29.8. The van der Waals surface area contributed by atoms with Gasteiger partial charge in [0.15, 0.2) is 18.7 Å². The minimum absolute atomic E-state index is 0.281. The van der Waals surface area contributed by atoms with Crippen molar-refractivity contribution in [3.63, 3.8) is 0 Å². The summed E-state index contributed by atoms with van der Waals surface area (Å²) in [4.78, 5) is 28.3. The molecule has 6 nitrogen and oxygen atoms in total. The number of methoxy groups -OCH3 is 3. The van der Waals surface area contributed by atoms with E-state index in [0.29, 0.717) is 44.3 Å². The summed E-state index contributed by atoms with van der Waals surface area (Å²) in [6.07, 6.45) is 0. The number of carbonyl (C=O) groups is 2. The molecule has 0 aliphatic rings. The van der Waals surface area contributed by atoms with E-state index in [0.717, 1.165) is 0 Å². The Morgan fingerprint density at radius 3 is 1.56 bits per heavy atom. The summed E-state index contributed by atoms with van der Waals surface area (Å²) < 4.78 is 31.9. The van der Waals surface area contributed by atoms with Crippen molar-refractivity contribution >= 4 is 34.6 Å². The van der Waals surface area contributed by atoms with Crippen LogP contribution in [0.2, 0.25) is 0 Å². The summed E-state index contributed by atoms with van der Waals surface area (Å²) >= 11 is 0. The Kier molecular flexibility index (Phi) is 8.84. The first-order valence-corrected chi connectivity index (χ1v) is 15.0. The van der Waals surface area contributed by atoms with E-state index in [1.54, 1.807) is 126 Å². The van der Waals surface area contributed by atoms with Crippen LogP contribution < -0.4 is 30.1 Å². The molecule has 0 amide bonds. The molecule has 212 valence electrons. The first-order valence-electron chi connectivity index (χ1n) is 13.3. The summed E-state index contributed by atoms with van der Waals surface area (Å²) in [6, 6.07) is 27.9. The van der Waals surface area contributed by atoms with Crippen LogP contribution in [0.15, 0.2) is 97.1 Å². The number of rotatable bonds is 10. The highest BCUT2D eigenvalue weighted by atomic mass is 31.2. The van der Waals surface area contributed by atoms with Gasteiger partial charge in [0, 0.05) is 26.9 Å². The Bertz CT molecular complexity index is 1520. The second-order valence-electron chi connectivity index (χ2n) is 10.7. The van der Waals surface area contributed by atoms with Crippen molar-refractivity contribution in [1.29, 1.82) is 0 Å². The second-order valence-corrected chi connectivity index (χ2v) is 13.4. The molecule has 0 saturated carbocycles. The highest BCUT2D eigenvalue weighted by molar-refractivity contribution is 7.85. The molecule has 1 atom stereocenters. The summed E-state index contributed by atoms with van der Waals surface area (Å²) in [5.41, 5.74) is -0.111. The van der Waals surface area contributed by atoms with E-state index in [1.165, 1.54) is 7.11 Å². The molecule has 0 aliphatic heterocycles. The predicted molar refractivity (Wildman–Crippen MR) is 163 cm³/mol. The minimum atomic E-state index is -3.65. The molecule has 0 N–H and O–H groups in total. The van der Waals surface area contributed by atoms with Crippen molar-refractivity contribution in [2.75, 3.05) is 21.3 Å². The van der Waals surface area contributed by atoms with Crippen LogP contribution in [0.5, 0.6) is 17.2 Å². The van der Waals surface area contributed by atoms with Crippen molar-refractivity contribution in [2.24, 2.45) is 5.41 Å². The average molecular weight is 571 g/mol. The standard InChI is InChI=1S/C34H35O6P/c1-34(2,3)33(36)31(32(35)23-10-8-7-9-11-23)29-22-26(40-6)16-21-30(29)41(37,27-17-12-24(38-4)13-18-27)28-19-14-25(39-5)15-20-28/h7-22,31H,1-6H3. The molecule has 4 rings (SSSR count). The molecule has 0 heterocycles. The van der Waals surface area contributed by atoms with Gasteiger partial charge in [-0.25, -0.2) is 0 Å². The van der Waals surface area contributed by atoms with Gasteiger partial charge in [-0.15, -0.1) is 0 Å². The molecular formula is C34H35O6P. The SMILES string of the molecule is COc1ccc(P(=O)(c2ccc(OC)cc2)c2ccc(OC)cc2C(C(=O)c2ccccc2)C(=O)C(C)(C)C)cc1. The normalized spacial score (nSPS) is 12.3. The number of carbonyl (C=O) groups excluding carboxylic acids is 2. The Morgan fingerprint density at radius 1 is 0.659 bits per heavy atom. The van der Waals surface area contributed by atoms with Crippen LogP contribution in [0, 0.1) is 5.41 Å². The van der Waals surface area contributed by atoms with Gasteiger partial charge in [0.25, 0.3) is 0 Å². The molecule has 41 heavy (non-hydrogen) atoms. The minimum Gasteiger partial charge on any atom is -0.497 e. The van der Waals surface area contributed by atoms with Crippen LogP contribution in [-0.4, -0.2) is 32.9 Å². The summed E-state index contributed by atoms with van der Waals surface area (Å²) in [7, 11) is 1.000. The molecule has 0 saturated heterocycles. The van der Waals surface area contributed by atoms with Crippen molar-refractivity contribution in [2.45, 2.75) is 26.7 Å². The van der Waals surface area contributed by atoms with Crippen LogP contribution >= 0.6 is 7.14 Å². The zero-order valence-electron chi connectivity index (χ0n) is 24.2. The highest BCUT2D eigenvalue weighted by Gasteiger charge is 2.41. The number of ketones is 2. The monoisotopic (exact) mass is 570 g/mol. The quantitative estimate of drug-likeness (QED) is 0.134. The fourth-order valence-corrected chi connectivity index (χ4v) is 7.63. The van der Waals surface area contributed by atoms with Crippen molar-refractivity contribution in [3.8, 4) is 17.2 Å². The zero-order chi connectivity index (χ0) is 29.8. The largest absolute Gasteiger partial charge is 0.497 e. The number of benzene rings is 4. The summed E-state index contributed by atoms with van der Waals surface area (Å²) in [5, 5.41) is 1.45. The maximum absolute atomic E-state index is 15.6. The van der Waals surface area contributed by atoms with E-state index < -0.39 is 18.5 Å². The van der Waals surface area contributed by atoms with Gasteiger partial charge in [-0.3, -0.25) is 9.59 Å². The number of hydrogen-bond donors (Lipinski definition) is 0. The second kappa shape index (κ2) is 12.2. The number of Topliss-reactive ketones (excluding diaryl/α,β-unsaturated/α-hetero) is 2. The topological polar surface area (TPSA) is 78.9 Å². The van der Waals surface area contributed by atoms with Gasteiger partial charge in [0.2, 0.25) is 0 Å². The van der Waals surface area contributed by atoms with E-state index in [4.69, 9.17) is 14.2 Å². The molecule has 0 fully saturated rings. The lowest BCUT2D eigenvalue weighted by atomic mass is 9.76. The maximum Gasteiger partial charge on any atom is 0.177 e. The molecule has 4 aromatic carbocycles. The molecule has 7 heteroatoms. The first-order chi connectivity index (χ1) is 19.5. The summed E-state index contributed by atoms with van der Waals surface area (Å²) in [6.45, 7) is 5.35. The fourth-order valence-electron chi connectivity index (χ4n) is 4.79. The molecule has 0 radical (unpaired) electrons. The lowest BCUT2D eigenvalue weighted by Gasteiger charge is -2.29. The zero-order valence-corrected chi connectivity index (χ0v) is 25.1. The third-order valence-electron chi connectivity index (χ3n) is 7.08. The van der Waals surface area contributed by atoms with Gasteiger partial charge in [-0.1, -0.05) is 51.1 Å². The summed E-state index contributed by atoms with van der Waals surface area (Å²) in [5.74, 6) is -0.178. The van der Waals surface area contributed by atoms with Crippen molar-refractivity contribution in [3.05, 3.63) is 108 Å². The van der Waals surface area contributed by atoms with Crippen molar-refractivity contribution in [1.82, 2.24) is 0 Å². The van der Waals surface area contributed by atoms with E-state index in [1.807, 2.05) is 6.07 Å². The van der Waals surface area contributed by atoms with Gasteiger partial charge in [-0.2, -0.15) is 0 Å². The fraction of sp³-hybridized carbons (Fsp3) is 0.235. The molecule has 0 aromatic heterocycles. The smallest absolute Gasteiger partial charge is 0.177 e. The number of ether oxygens (including phenoxy) is 3. The van der Waals surface area contributed by atoms with Gasteiger partial charge in [-0.05, 0) is 72.3 Å². The van der Waals surface area contributed by atoms with E-state index in [2.05, 4.69) is 0 Å². The Morgan fingerprint density at radius 2 is 1.12 bits per heavy atom. The third kappa shape index (κ3) is 5.98. The van der Waals surface area contributed by atoms with Crippen molar-refractivity contribution < 1.29 is 28.4 Å². The van der Waals surface area contributed by atoms with Gasteiger partial charge in [0.1, 0.15) is 23.2 Å². The van der Waals surface area contributed by atoms with E-state index in [-0.39, 0.29) is 11.6 Å². The third-order valence-corrected chi connectivity index (χ3v) is 10.2. The van der Waals surface area contributed by atoms with E-state index >= 15 is 4.57 Å². The maximum atomic E-state index is 15.6. The molecule has 4 aromatic rings. The van der Waals surface area contributed by atoms with Crippen LogP contribution in [0.1, 0.15) is 42.6 Å².